The summed E-state index contributed by atoms with van der Waals surface area (Å²) in [4.78, 5) is 22.5. The lowest BCUT2D eigenvalue weighted by molar-refractivity contribution is -0.141. The molecule has 7 nitrogen and oxygen atoms in total. The molecule has 2 aromatic carbocycles. The van der Waals surface area contributed by atoms with Crippen LogP contribution < -0.4 is 16.4 Å². The van der Waals surface area contributed by atoms with Gasteiger partial charge in [0.1, 0.15) is 0 Å². The van der Waals surface area contributed by atoms with E-state index in [-0.39, 0.29) is 5.96 Å². The van der Waals surface area contributed by atoms with Crippen molar-refractivity contribution in [3.8, 4) is 11.1 Å². The number of carboxylic acids is 1. The van der Waals surface area contributed by atoms with Crippen molar-refractivity contribution in [2.24, 2.45) is 11.7 Å². The summed E-state index contributed by atoms with van der Waals surface area (Å²) in [6.45, 7) is 1.83. The number of rotatable bonds is 8. The van der Waals surface area contributed by atoms with E-state index in [0.29, 0.717) is 30.6 Å². The van der Waals surface area contributed by atoms with Crippen LogP contribution in [0.1, 0.15) is 18.9 Å². The van der Waals surface area contributed by atoms with E-state index in [9.17, 15) is 14.7 Å². The highest BCUT2D eigenvalue weighted by Gasteiger charge is 2.19. The van der Waals surface area contributed by atoms with Gasteiger partial charge in [0.2, 0.25) is 6.41 Å². The van der Waals surface area contributed by atoms with E-state index in [2.05, 4.69) is 10.6 Å². The first-order valence-corrected chi connectivity index (χ1v) is 8.22. The molecule has 0 heterocycles. The van der Waals surface area contributed by atoms with Gasteiger partial charge in [-0.2, -0.15) is 0 Å². The molecule has 0 aliphatic heterocycles. The van der Waals surface area contributed by atoms with E-state index >= 15 is 0 Å². The number of aliphatic carboxylic acids is 1. The average Bonchev–Trinajstić information content (AvgIpc) is 2.60. The lowest BCUT2D eigenvalue weighted by Crippen LogP contribution is -2.20. The van der Waals surface area contributed by atoms with Crippen molar-refractivity contribution in [1.29, 1.82) is 5.41 Å². The fourth-order valence-corrected chi connectivity index (χ4v) is 2.83. The molecular formula is C19H22N4O3. The molecule has 6 N–H and O–H groups in total. The van der Waals surface area contributed by atoms with Crippen LogP contribution in [0.3, 0.4) is 0 Å². The van der Waals surface area contributed by atoms with Crippen molar-refractivity contribution in [3.63, 3.8) is 0 Å². The van der Waals surface area contributed by atoms with Gasteiger partial charge in [-0.25, -0.2) is 0 Å². The lowest BCUT2D eigenvalue weighted by Gasteiger charge is -2.17. The molecule has 136 valence electrons. The van der Waals surface area contributed by atoms with Gasteiger partial charge in [-0.3, -0.25) is 15.0 Å². The number of hydrogen-bond donors (Lipinski definition) is 5. The summed E-state index contributed by atoms with van der Waals surface area (Å²) in [7, 11) is 0. The van der Waals surface area contributed by atoms with Crippen LogP contribution in [-0.4, -0.2) is 23.4 Å². The Balaban J connectivity index is 2.48. The molecule has 1 unspecified atom stereocenters. The fraction of sp³-hybridized carbons (Fsp3) is 0.211. The predicted molar refractivity (Wildman–Crippen MR) is 102 cm³/mol. The van der Waals surface area contributed by atoms with Crippen LogP contribution in [0.5, 0.6) is 0 Å². The fourth-order valence-electron chi connectivity index (χ4n) is 2.83. The average molecular weight is 354 g/mol. The maximum atomic E-state index is 11.4. The molecule has 1 atom stereocenters. The van der Waals surface area contributed by atoms with E-state index in [1.165, 1.54) is 0 Å². The Morgan fingerprint density at radius 2 is 2.04 bits per heavy atom. The van der Waals surface area contributed by atoms with E-state index in [1.807, 2.05) is 43.3 Å². The van der Waals surface area contributed by atoms with E-state index in [1.54, 1.807) is 6.07 Å². The first kappa shape index (κ1) is 19.0. The molecule has 0 bridgehead atoms. The van der Waals surface area contributed by atoms with Gasteiger partial charge in [0.25, 0.3) is 0 Å². The van der Waals surface area contributed by atoms with Gasteiger partial charge in [-0.05, 0) is 36.1 Å². The van der Waals surface area contributed by atoms with Gasteiger partial charge in [-0.15, -0.1) is 0 Å². The summed E-state index contributed by atoms with van der Waals surface area (Å²) in [6.07, 6.45) is 1.40. The van der Waals surface area contributed by atoms with Gasteiger partial charge < -0.3 is 21.5 Å². The van der Waals surface area contributed by atoms with Crippen LogP contribution in [0.2, 0.25) is 0 Å². The first-order valence-electron chi connectivity index (χ1n) is 8.22. The van der Waals surface area contributed by atoms with E-state index < -0.39 is 11.9 Å². The minimum atomic E-state index is -0.859. The molecule has 0 aliphatic carbocycles. The Labute approximate surface area is 151 Å². The Bertz CT molecular complexity index is 820. The van der Waals surface area contributed by atoms with Crippen molar-refractivity contribution in [2.75, 3.05) is 10.6 Å². The molecule has 0 saturated carbocycles. The standard InChI is InChI=1S/C19H22N4O3/c1-2-12(18(25)26)9-14-6-4-8-16(17(14)22-11-24)13-5-3-7-15(10-13)23-19(20)21/h3-8,10-12H,2,9H2,1H3,(H,22,24)(H,25,26)(H4,20,21,23). The highest BCUT2D eigenvalue weighted by molar-refractivity contribution is 5.92. The van der Waals surface area contributed by atoms with Crippen molar-refractivity contribution in [2.45, 2.75) is 19.8 Å². The quantitative estimate of drug-likeness (QED) is 0.283. The number of para-hydroxylation sites is 1. The molecule has 0 aromatic heterocycles. The highest BCUT2D eigenvalue weighted by atomic mass is 16.4. The predicted octanol–water partition coefficient (Wildman–Crippen LogP) is 2.88. The number of carbonyl (C=O) groups excluding carboxylic acids is 1. The second-order valence-corrected chi connectivity index (χ2v) is 5.87. The summed E-state index contributed by atoms with van der Waals surface area (Å²) in [5.41, 5.74) is 8.94. The molecule has 0 saturated heterocycles. The van der Waals surface area contributed by atoms with Crippen LogP contribution in [0.15, 0.2) is 42.5 Å². The number of carbonyl (C=O) groups is 2. The van der Waals surface area contributed by atoms with Gasteiger partial charge in [-0.1, -0.05) is 37.3 Å². The number of nitrogens with two attached hydrogens (primary N) is 1. The van der Waals surface area contributed by atoms with Crippen LogP contribution in [0.25, 0.3) is 11.1 Å². The summed E-state index contributed by atoms with van der Waals surface area (Å²) in [5.74, 6) is -1.56. The minimum absolute atomic E-state index is 0.172. The maximum Gasteiger partial charge on any atom is 0.306 e. The van der Waals surface area contributed by atoms with E-state index in [4.69, 9.17) is 11.1 Å². The largest absolute Gasteiger partial charge is 0.481 e. The number of anilines is 2. The summed E-state index contributed by atoms with van der Waals surface area (Å²) in [5, 5.41) is 22.1. The van der Waals surface area contributed by atoms with Gasteiger partial charge in [0.15, 0.2) is 5.96 Å². The third kappa shape index (κ3) is 4.60. The van der Waals surface area contributed by atoms with Crippen molar-refractivity contribution >= 4 is 29.7 Å². The molecule has 26 heavy (non-hydrogen) atoms. The highest BCUT2D eigenvalue weighted by Crippen LogP contribution is 2.33. The lowest BCUT2D eigenvalue weighted by atomic mass is 9.92. The van der Waals surface area contributed by atoms with E-state index in [0.717, 1.165) is 16.7 Å². The van der Waals surface area contributed by atoms with Gasteiger partial charge in [0.05, 0.1) is 11.6 Å². The number of guanidine groups is 1. The zero-order valence-corrected chi connectivity index (χ0v) is 14.5. The van der Waals surface area contributed by atoms with Crippen molar-refractivity contribution in [1.82, 2.24) is 0 Å². The zero-order chi connectivity index (χ0) is 19.1. The summed E-state index contributed by atoms with van der Waals surface area (Å²) in [6, 6.07) is 12.8. The molecule has 2 rings (SSSR count). The topological polar surface area (TPSA) is 128 Å². The maximum absolute atomic E-state index is 11.4. The molecule has 1 amide bonds. The molecule has 2 aromatic rings. The summed E-state index contributed by atoms with van der Waals surface area (Å²) < 4.78 is 0. The number of benzene rings is 2. The van der Waals surface area contributed by atoms with Crippen LogP contribution in [0, 0.1) is 11.3 Å². The molecule has 0 aliphatic rings. The smallest absolute Gasteiger partial charge is 0.306 e. The van der Waals surface area contributed by atoms with Crippen LogP contribution in [-0.2, 0) is 16.0 Å². The Morgan fingerprint density at radius 1 is 1.31 bits per heavy atom. The molecule has 0 spiro atoms. The SMILES string of the molecule is CCC(Cc1cccc(-c2cccc(NC(=N)N)c2)c1NC=O)C(=O)O. The second kappa shape index (κ2) is 8.66. The number of nitrogens with one attached hydrogen (secondary N) is 3. The number of amides is 1. The molecule has 0 fully saturated rings. The van der Waals surface area contributed by atoms with Crippen LogP contribution >= 0.6 is 0 Å². The first-order chi connectivity index (χ1) is 12.5. The van der Waals surface area contributed by atoms with Gasteiger partial charge >= 0.3 is 5.97 Å². The third-order valence-corrected chi connectivity index (χ3v) is 4.11. The zero-order valence-electron chi connectivity index (χ0n) is 14.5. The molecular weight excluding hydrogens is 332 g/mol. The Hall–Kier alpha value is -3.35. The number of hydrogen-bond acceptors (Lipinski definition) is 3. The van der Waals surface area contributed by atoms with Crippen LogP contribution in [0.4, 0.5) is 11.4 Å². The monoisotopic (exact) mass is 354 g/mol. The second-order valence-electron chi connectivity index (χ2n) is 5.87. The molecule has 7 heteroatoms. The third-order valence-electron chi connectivity index (χ3n) is 4.11. The van der Waals surface area contributed by atoms with Gasteiger partial charge in [0, 0.05) is 11.3 Å². The Morgan fingerprint density at radius 3 is 2.65 bits per heavy atom. The Kier molecular flexibility index (Phi) is 6.32. The van der Waals surface area contributed by atoms with Crippen molar-refractivity contribution in [3.05, 3.63) is 48.0 Å². The molecule has 0 radical (unpaired) electrons. The normalized spacial score (nSPS) is 11.4. The summed E-state index contributed by atoms with van der Waals surface area (Å²) >= 11 is 0. The number of carboxylic acid groups (broad SMARTS) is 1. The van der Waals surface area contributed by atoms with Crippen molar-refractivity contribution < 1.29 is 14.7 Å². The minimum Gasteiger partial charge on any atom is -0.481 e.